The molecule has 2 saturated heterocycles. The molecule has 2 aliphatic heterocycles. The van der Waals surface area contributed by atoms with Crippen LogP contribution in [0.15, 0.2) is 54.7 Å². The van der Waals surface area contributed by atoms with Gasteiger partial charge in [0, 0.05) is 11.3 Å². The summed E-state index contributed by atoms with van der Waals surface area (Å²) in [6.45, 7) is 8.12. The number of thioether (sulfide) groups is 1. The minimum Gasteiger partial charge on any atom is -0.338 e. The molecule has 0 aliphatic carbocycles. The van der Waals surface area contributed by atoms with Crippen LogP contribution >= 0.6 is 11.8 Å². The van der Waals surface area contributed by atoms with Gasteiger partial charge in [0.15, 0.2) is 0 Å². The first-order valence-corrected chi connectivity index (χ1v) is 8.76. The van der Waals surface area contributed by atoms with Gasteiger partial charge in [-0.2, -0.15) is 0 Å². The van der Waals surface area contributed by atoms with Gasteiger partial charge in [-0.25, -0.2) is 0 Å². The number of hydrogen-bond donors (Lipinski definition) is 1. The average Bonchev–Trinajstić information content (AvgIpc) is 2.79. The SMILES string of the molecule is C=C1N2C(=O)[C@@H](NC(=O)c3ccc4ccccc4c3)[C@H]2SC1(C)C. The highest BCUT2D eigenvalue weighted by Gasteiger charge is 2.58. The molecule has 2 fully saturated rings. The number of amides is 2. The summed E-state index contributed by atoms with van der Waals surface area (Å²) in [6.07, 6.45) is 0. The molecule has 0 aromatic heterocycles. The maximum absolute atomic E-state index is 12.6. The number of benzene rings is 2. The fourth-order valence-corrected chi connectivity index (χ4v) is 4.71. The van der Waals surface area contributed by atoms with E-state index in [1.807, 2.05) is 50.2 Å². The van der Waals surface area contributed by atoms with Crippen LogP contribution in [0, 0.1) is 0 Å². The summed E-state index contributed by atoms with van der Waals surface area (Å²) in [5, 5.41) is 4.93. The van der Waals surface area contributed by atoms with Crippen LogP contribution in [0.25, 0.3) is 10.8 Å². The molecular weight excluding hydrogens is 320 g/mol. The van der Waals surface area contributed by atoms with Crippen LogP contribution in [0.4, 0.5) is 0 Å². The Bertz CT molecular complexity index is 890. The van der Waals surface area contributed by atoms with Crippen molar-refractivity contribution in [2.75, 3.05) is 0 Å². The minimum absolute atomic E-state index is 0.0515. The molecule has 1 N–H and O–H groups in total. The van der Waals surface area contributed by atoms with Crippen molar-refractivity contribution in [3.63, 3.8) is 0 Å². The molecule has 0 spiro atoms. The Balaban J connectivity index is 1.54. The predicted molar refractivity (Wildman–Crippen MR) is 96.6 cm³/mol. The number of nitrogens with zero attached hydrogens (tertiary/aromatic N) is 1. The predicted octanol–water partition coefficient (Wildman–Crippen LogP) is 3.15. The van der Waals surface area contributed by atoms with Crippen LogP contribution in [0.2, 0.25) is 0 Å². The van der Waals surface area contributed by atoms with E-state index in [4.69, 9.17) is 0 Å². The van der Waals surface area contributed by atoms with Crippen molar-refractivity contribution in [1.29, 1.82) is 0 Å². The first-order chi connectivity index (χ1) is 11.4. The largest absolute Gasteiger partial charge is 0.338 e. The average molecular weight is 338 g/mol. The Morgan fingerprint density at radius 3 is 2.67 bits per heavy atom. The van der Waals surface area contributed by atoms with E-state index in [-0.39, 0.29) is 21.9 Å². The Morgan fingerprint density at radius 2 is 1.92 bits per heavy atom. The number of hydrogen-bond acceptors (Lipinski definition) is 3. The van der Waals surface area contributed by atoms with Crippen LogP contribution in [-0.4, -0.2) is 32.9 Å². The van der Waals surface area contributed by atoms with Crippen LogP contribution in [-0.2, 0) is 4.79 Å². The highest BCUT2D eigenvalue weighted by Crippen LogP contribution is 2.52. The molecule has 4 nitrogen and oxygen atoms in total. The van der Waals surface area contributed by atoms with Crippen molar-refractivity contribution in [1.82, 2.24) is 10.2 Å². The smallest absolute Gasteiger partial charge is 0.253 e. The molecule has 2 aromatic carbocycles. The zero-order valence-electron chi connectivity index (χ0n) is 13.6. The van der Waals surface area contributed by atoms with Gasteiger partial charge < -0.3 is 5.32 Å². The molecule has 2 aliphatic rings. The zero-order chi connectivity index (χ0) is 17.1. The standard InChI is InChI=1S/C19H18N2O2S/c1-11-19(2,3)24-18-15(17(23)21(11)18)20-16(22)14-9-8-12-6-4-5-7-13(12)10-14/h4-10,15,18H,1H2,2-3H3,(H,20,22)/t15-,18-/m1/s1. The summed E-state index contributed by atoms with van der Waals surface area (Å²) in [7, 11) is 0. The third-order valence-corrected chi connectivity index (χ3v) is 6.29. The van der Waals surface area contributed by atoms with Gasteiger partial charge >= 0.3 is 0 Å². The van der Waals surface area contributed by atoms with Crippen LogP contribution < -0.4 is 5.32 Å². The van der Waals surface area contributed by atoms with Crippen molar-refractivity contribution in [3.05, 3.63) is 60.3 Å². The maximum Gasteiger partial charge on any atom is 0.253 e. The van der Waals surface area contributed by atoms with E-state index in [0.717, 1.165) is 16.5 Å². The summed E-state index contributed by atoms with van der Waals surface area (Å²) >= 11 is 1.67. The normalized spacial score (nSPS) is 24.7. The molecule has 0 unspecified atom stereocenters. The number of carbonyl (C=O) groups is 2. The summed E-state index contributed by atoms with van der Waals surface area (Å²) in [5.41, 5.74) is 1.39. The fourth-order valence-electron chi connectivity index (χ4n) is 3.22. The minimum atomic E-state index is -0.479. The van der Waals surface area contributed by atoms with E-state index in [2.05, 4.69) is 11.9 Å². The molecule has 0 radical (unpaired) electrons. The Morgan fingerprint density at radius 1 is 1.21 bits per heavy atom. The Hall–Kier alpha value is -2.27. The van der Waals surface area contributed by atoms with Gasteiger partial charge in [0.1, 0.15) is 11.4 Å². The maximum atomic E-state index is 12.6. The second kappa shape index (κ2) is 5.11. The van der Waals surface area contributed by atoms with Crippen molar-refractivity contribution in [3.8, 4) is 0 Å². The fraction of sp³-hybridized carbons (Fsp3) is 0.263. The molecule has 2 heterocycles. The van der Waals surface area contributed by atoms with E-state index in [1.165, 1.54) is 0 Å². The highest BCUT2D eigenvalue weighted by atomic mass is 32.2. The lowest BCUT2D eigenvalue weighted by atomic mass is 10.0. The van der Waals surface area contributed by atoms with E-state index in [1.54, 1.807) is 22.7 Å². The summed E-state index contributed by atoms with van der Waals surface area (Å²) in [6, 6.07) is 13.0. The molecule has 0 saturated carbocycles. The molecule has 4 rings (SSSR count). The Kier molecular flexibility index (Phi) is 3.25. The first kappa shape index (κ1) is 15.3. The lowest BCUT2D eigenvalue weighted by Crippen LogP contribution is -2.66. The van der Waals surface area contributed by atoms with Crippen LogP contribution in [0.3, 0.4) is 0 Å². The number of fused-ring (bicyclic) bond motifs is 2. The van der Waals surface area contributed by atoms with Crippen LogP contribution in [0.1, 0.15) is 24.2 Å². The summed E-state index contributed by atoms with van der Waals surface area (Å²) < 4.78 is -0.178. The lowest BCUT2D eigenvalue weighted by molar-refractivity contribution is -0.141. The molecule has 122 valence electrons. The highest BCUT2D eigenvalue weighted by molar-refractivity contribution is 8.01. The monoisotopic (exact) mass is 338 g/mol. The third-order valence-electron chi connectivity index (χ3n) is 4.74. The topological polar surface area (TPSA) is 49.4 Å². The van der Waals surface area contributed by atoms with Gasteiger partial charge in [0.05, 0.1) is 4.75 Å². The third kappa shape index (κ3) is 2.15. The van der Waals surface area contributed by atoms with Crippen LogP contribution in [0.5, 0.6) is 0 Å². The van der Waals surface area contributed by atoms with Crippen molar-refractivity contribution in [2.45, 2.75) is 30.0 Å². The molecule has 2 atom stereocenters. The van der Waals surface area contributed by atoms with E-state index < -0.39 is 6.04 Å². The summed E-state index contributed by atoms with van der Waals surface area (Å²) in [5.74, 6) is -0.285. The molecule has 2 aromatic rings. The molecule has 5 heteroatoms. The number of rotatable bonds is 2. The lowest BCUT2D eigenvalue weighted by Gasteiger charge is -2.41. The quantitative estimate of drug-likeness (QED) is 0.856. The number of nitrogens with one attached hydrogen (secondary N) is 1. The summed E-state index contributed by atoms with van der Waals surface area (Å²) in [4.78, 5) is 26.6. The van der Waals surface area contributed by atoms with E-state index in [9.17, 15) is 9.59 Å². The zero-order valence-corrected chi connectivity index (χ0v) is 14.4. The first-order valence-electron chi connectivity index (χ1n) is 7.88. The number of carbonyl (C=O) groups excluding carboxylic acids is 2. The van der Waals surface area contributed by atoms with Crippen molar-refractivity contribution >= 4 is 34.3 Å². The van der Waals surface area contributed by atoms with Gasteiger partial charge in [-0.05, 0) is 36.8 Å². The second-order valence-corrected chi connectivity index (χ2v) is 8.43. The molecule has 24 heavy (non-hydrogen) atoms. The van der Waals surface area contributed by atoms with E-state index >= 15 is 0 Å². The van der Waals surface area contributed by atoms with Gasteiger partial charge in [0.2, 0.25) is 0 Å². The molecule has 2 amide bonds. The Labute approximate surface area is 144 Å². The van der Waals surface area contributed by atoms with Gasteiger partial charge in [-0.3, -0.25) is 14.5 Å². The van der Waals surface area contributed by atoms with Gasteiger partial charge in [-0.15, -0.1) is 11.8 Å². The van der Waals surface area contributed by atoms with Crippen molar-refractivity contribution < 1.29 is 9.59 Å². The second-order valence-electron chi connectivity index (χ2n) is 6.69. The number of β-lactam (4-membered cyclic amide) rings is 1. The molecule has 0 bridgehead atoms. The van der Waals surface area contributed by atoms with E-state index in [0.29, 0.717) is 5.56 Å². The van der Waals surface area contributed by atoms with Gasteiger partial charge in [-0.1, -0.05) is 36.9 Å². The van der Waals surface area contributed by atoms with Gasteiger partial charge in [0.25, 0.3) is 11.8 Å². The van der Waals surface area contributed by atoms with Crippen molar-refractivity contribution in [2.24, 2.45) is 0 Å². The molecular formula is C19H18N2O2S.